The fourth-order valence-electron chi connectivity index (χ4n) is 2.84. The van der Waals surface area contributed by atoms with Crippen molar-refractivity contribution in [1.82, 2.24) is 0 Å². The number of hydrogen-bond acceptors (Lipinski definition) is 4. The van der Waals surface area contributed by atoms with Crippen molar-refractivity contribution < 1.29 is 20.4 Å². The second kappa shape index (κ2) is 16.5. The van der Waals surface area contributed by atoms with Crippen molar-refractivity contribution in [2.45, 2.75) is 6.42 Å². The molecule has 0 aliphatic carbocycles. The molecule has 37 heavy (non-hydrogen) atoms. The van der Waals surface area contributed by atoms with Crippen LogP contribution in [0.15, 0.2) is 133 Å². The van der Waals surface area contributed by atoms with Crippen LogP contribution in [-0.4, -0.2) is 20.4 Å². The van der Waals surface area contributed by atoms with Crippen LogP contribution in [0.5, 0.6) is 23.0 Å². The van der Waals surface area contributed by atoms with Crippen molar-refractivity contribution in [3.05, 3.63) is 155 Å². The van der Waals surface area contributed by atoms with Gasteiger partial charge < -0.3 is 20.4 Å². The van der Waals surface area contributed by atoms with E-state index in [-0.39, 0.29) is 11.5 Å². The van der Waals surface area contributed by atoms with E-state index in [0.717, 1.165) is 0 Å². The van der Waals surface area contributed by atoms with Gasteiger partial charge in [-0.05, 0) is 71.8 Å². The Hall–Kier alpha value is -4.12. The zero-order valence-electron chi connectivity index (χ0n) is 20.0. The van der Waals surface area contributed by atoms with E-state index in [4.69, 9.17) is 33.4 Å². The lowest BCUT2D eigenvalue weighted by Gasteiger charge is -2.07. The number of rotatable bonds is 2. The molecular weight excluding hydrogens is 507 g/mol. The fourth-order valence-corrected chi connectivity index (χ4v) is 3.23. The van der Waals surface area contributed by atoms with Crippen LogP contribution >= 0.6 is 23.2 Å². The average molecular weight is 535 g/mol. The zero-order valence-corrected chi connectivity index (χ0v) is 21.5. The van der Waals surface area contributed by atoms with E-state index in [1.807, 2.05) is 48.5 Å². The minimum atomic E-state index is 0.147. The highest BCUT2D eigenvalue weighted by atomic mass is 35.5. The molecule has 0 aliphatic heterocycles. The second-order valence-electron chi connectivity index (χ2n) is 7.55. The van der Waals surface area contributed by atoms with Crippen LogP contribution in [0.3, 0.4) is 0 Å². The zero-order chi connectivity index (χ0) is 26.9. The second-order valence-corrected chi connectivity index (χ2v) is 8.42. The predicted octanol–water partition coefficient (Wildman–Crippen LogP) is 8.47. The molecule has 5 rings (SSSR count). The first-order valence-electron chi connectivity index (χ1n) is 11.3. The van der Waals surface area contributed by atoms with Crippen LogP contribution in [0.25, 0.3) is 0 Å². The Kier molecular flexibility index (Phi) is 13.0. The van der Waals surface area contributed by atoms with Crippen LogP contribution in [-0.2, 0) is 6.42 Å². The smallest absolute Gasteiger partial charge is 0.119 e. The molecule has 5 aromatic carbocycles. The molecule has 0 atom stereocenters. The van der Waals surface area contributed by atoms with Gasteiger partial charge in [0.15, 0.2) is 0 Å². The molecule has 6 heteroatoms. The van der Waals surface area contributed by atoms with E-state index < -0.39 is 0 Å². The summed E-state index contributed by atoms with van der Waals surface area (Å²) >= 11 is 11.7. The molecule has 190 valence electrons. The predicted molar refractivity (Wildman–Crippen MR) is 152 cm³/mol. The number of phenols is 4. The van der Waals surface area contributed by atoms with E-state index >= 15 is 0 Å². The topological polar surface area (TPSA) is 80.9 Å². The number of hydrogen-bond donors (Lipinski definition) is 4. The van der Waals surface area contributed by atoms with E-state index in [1.54, 1.807) is 72.8 Å². The highest BCUT2D eigenvalue weighted by Crippen LogP contribution is 2.29. The van der Waals surface area contributed by atoms with Crippen LogP contribution < -0.4 is 0 Å². The van der Waals surface area contributed by atoms with Crippen LogP contribution in [0.1, 0.15) is 11.1 Å². The molecule has 0 aromatic heterocycles. The third kappa shape index (κ3) is 12.4. The molecule has 0 heterocycles. The number of aromatic hydroxyl groups is 4. The quantitative estimate of drug-likeness (QED) is 0.183. The van der Waals surface area contributed by atoms with Gasteiger partial charge in [0, 0.05) is 16.5 Å². The summed E-state index contributed by atoms with van der Waals surface area (Å²) in [6, 6.07) is 39.0. The molecule has 0 spiro atoms. The molecule has 0 saturated heterocycles. The van der Waals surface area contributed by atoms with Gasteiger partial charge in [0.1, 0.15) is 23.0 Å². The number of phenolic OH excluding ortho intramolecular Hbond substituents is 4. The monoisotopic (exact) mass is 534 g/mol. The molecule has 0 aliphatic rings. The van der Waals surface area contributed by atoms with Crippen molar-refractivity contribution in [2.75, 3.05) is 0 Å². The Morgan fingerprint density at radius 2 is 0.703 bits per heavy atom. The normalized spacial score (nSPS) is 9.35. The molecule has 4 nitrogen and oxygen atoms in total. The maximum absolute atomic E-state index is 9.68. The van der Waals surface area contributed by atoms with Gasteiger partial charge in [-0.2, -0.15) is 0 Å². The van der Waals surface area contributed by atoms with Crippen LogP contribution in [0.2, 0.25) is 10.0 Å². The molecule has 0 bridgehead atoms. The van der Waals surface area contributed by atoms with E-state index in [1.165, 1.54) is 12.1 Å². The molecule has 0 fully saturated rings. The Balaban J connectivity index is 0.000000198. The largest absolute Gasteiger partial charge is 0.508 e. The molecular formula is C31H28Cl2O4. The van der Waals surface area contributed by atoms with Crippen molar-refractivity contribution >= 4 is 23.2 Å². The van der Waals surface area contributed by atoms with E-state index in [0.29, 0.717) is 39.1 Å². The Morgan fingerprint density at radius 1 is 0.405 bits per heavy atom. The summed E-state index contributed by atoms with van der Waals surface area (Å²) in [5.41, 5.74) is 1.30. The summed E-state index contributed by atoms with van der Waals surface area (Å²) in [5, 5.41) is 37.7. The first kappa shape index (κ1) is 29.1. The third-order valence-electron chi connectivity index (χ3n) is 4.64. The minimum Gasteiger partial charge on any atom is -0.508 e. The summed E-state index contributed by atoms with van der Waals surface area (Å²) in [7, 11) is 0. The Morgan fingerprint density at radius 3 is 0.973 bits per heavy atom. The van der Waals surface area contributed by atoms with Gasteiger partial charge in [-0.15, -0.1) is 0 Å². The van der Waals surface area contributed by atoms with Crippen molar-refractivity contribution in [3.63, 3.8) is 0 Å². The van der Waals surface area contributed by atoms with Gasteiger partial charge in [-0.25, -0.2) is 0 Å². The van der Waals surface area contributed by atoms with Gasteiger partial charge in [0.2, 0.25) is 0 Å². The maximum Gasteiger partial charge on any atom is 0.119 e. The Labute approximate surface area is 227 Å². The van der Waals surface area contributed by atoms with Crippen molar-refractivity contribution in [2.24, 2.45) is 0 Å². The number of halogens is 2. The van der Waals surface area contributed by atoms with Gasteiger partial charge in [0.05, 0.1) is 0 Å². The molecule has 0 unspecified atom stereocenters. The minimum absolute atomic E-state index is 0.147. The SMILES string of the molecule is Oc1ccc(Cl)cc1Cc1cc(Cl)ccc1O.Oc1ccccc1.Oc1ccccc1.c1ccccc1. The van der Waals surface area contributed by atoms with Gasteiger partial charge in [-0.1, -0.05) is 96.0 Å². The molecule has 0 radical (unpaired) electrons. The number of benzene rings is 5. The molecule has 0 amide bonds. The molecule has 5 aromatic rings. The number of para-hydroxylation sites is 2. The first-order chi connectivity index (χ1) is 17.8. The van der Waals surface area contributed by atoms with Crippen LogP contribution in [0.4, 0.5) is 0 Å². The van der Waals surface area contributed by atoms with Crippen LogP contribution in [0, 0.1) is 0 Å². The standard InChI is InChI=1S/C13H10Cl2O2.2C6H6O.C6H6/c14-10-1-3-12(16)8(6-10)5-9-7-11(15)2-4-13(9)17;2*7-6-4-2-1-3-5-6;1-2-4-6-5-3-1/h1-4,6-7,16-17H,5H2;2*1-5,7H;1-6H. The van der Waals surface area contributed by atoms with Crippen molar-refractivity contribution in [3.8, 4) is 23.0 Å². The van der Waals surface area contributed by atoms with Gasteiger partial charge in [0.25, 0.3) is 0 Å². The maximum atomic E-state index is 9.68. The first-order valence-corrected chi connectivity index (χ1v) is 12.0. The fraction of sp³-hybridized carbons (Fsp3) is 0.0323. The summed E-state index contributed by atoms with van der Waals surface area (Å²) < 4.78 is 0. The lowest BCUT2D eigenvalue weighted by molar-refractivity contribution is 0.463. The van der Waals surface area contributed by atoms with Gasteiger partial charge in [-0.3, -0.25) is 0 Å². The van der Waals surface area contributed by atoms with E-state index in [2.05, 4.69) is 0 Å². The average Bonchev–Trinajstić information content (AvgIpc) is 2.91. The van der Waals surface area contributed by atoms with Crippen molar-refractivity contribution in [1.29, 1.82) is 0 Å². The van der Waals surface area contributed by atoms with Gasteiger partial charge >= 0.3 is 0 Å². The molecule has 0 saturated carbocycles. The highest BCUT2D eigenvalue weighted by molar-refractivity contribution is 6.31. The summed E-state index contributed by atoms with van der Waals surface area (Å²) in [5.74, 6) is 0.938. The molecule has 4 N–H and O–H groups in total. The summed E-state index contributed by atoms with van der Waals surface area (Å²) in [4.78, 5) is 0. The lowest BCUT2D eigenvalue weighted by Crippen LogP contribution is -1.90. The highest BCUT2D eigenvalue weighted by Gasteiger charge is 2.07. The summed E-state index contributed by atoms with van der Waals surface area (Å²) in [6.07, 6.45) is 0.374. The summed E-state index contributed by atoms with van der Waals surface area (Å²) in [6.45, 7) is 0. The lowest BCUT2D eigenvalue weighted by atomic mass is 10.0. The van der Waals surface area contributed by atoms with E-state index in [9.17, 15) is 10.2 Å². The third-order valence-corrected chi connectivity index (χ3v) is 5.11. The Bertz CT molecular complexity index is 1190.